The molecule has 2 unspecified atom stereocenters. The van der Waals surface area contributed by atoms with E-state index in [2.05, 4.69) is 177 Å². The van der Waals surface area contributed by atoms with Gasteiger partial charge >= 0.3 is 297 Å². The third kappa shape index (κ3) is 6.94. The first kappa shape index (κ1) is 40.8. The predicted molar refractivity (Wildman–Crippen MR) is 227 cm³/mol. The molecule has 0 aliphatic heterocycles. The third-order valence-corrected chi connectivity index (χ3v) is 29.4. The molecule has 50 heavy (non-hydrogen) atoms. The quantitative estimate of drug-likeness (QED) is 0.176. The Morgan fingerprint density at radius 2 is 1.16 bits per heavy atom. The monoisotopic (exact) mass is 800 g/mol. The summed E-state index contributed by atoms with van der Waals surface area (Å²) in [5.74, 6) is 0.498. The Morgan fingerprint density at radius 1 is 0.640 bits per heavy atom. The van der Waals surface area contributed by atoms with Crippen molar-refractivity contribution in [2.45, 2.75) is 104 Å². The molecule has 0 aromatic heterocycles. The zero-order valence-corrected chi connectivity index (χ0v) is 38.3. The van der Waals surface area contributed by atoms with Crippen molar-refractivity contribution >= 4 is 43.8 Å². The van der Waals surface area contributed by atoms with E-state index in [1.807, 2.05) is 0 Å². The number of aryl methyl sites for hydroxylation is 1. The molecule has 0 amide bonds. The normalized spacial score (nSPS) is 17.4. The molecule has 2 atom stereocenters. The van der Waals surface area contributed by atoms with Gasteiger partial charge in [0.2, 0.25) is 0 Å². The van der Waals surface area contributed by atoms with Gasteiger partial charge in [0.05, 0.1) is 0 Å². The van der Waals surface area contributed by atoms with E-state index in [9.17, 15) is 0 Å². The molecule has 266 valence electrons. The van der Waals surface area contributed by atoms with Crippen molar-refractivity contribution in [1.82, 2.24) is 0 Å². The largest absolute Gasteiger partial charge is 0.147 e. The Balaban J connectivity index is 0.00000281. The average molecular weight is 803 g/mol. The van der Waals surface area contributed by atoms with E-state index in [1.165, 1.54) is 55.6 Å². The Kier molecular flexibility index (Phi) is 11.3. The van der Waals surface area contributed by atoms with Gasteiger partial charge in [0, 0.05) is 0 Å². The summed E-state index contributed by atoms with van der Waals surface area (Å²) in [7, 11) is 0. The minimum atomic E-state index is -3.72. The molecule has 4 aromatic rings. The Morgan fingerprint density at radius 3 is 1.66 bits per heavy atom. The smallest absolute Gasteiger partial charge is 0.147 e. The zero-order chi connectivity index (χ0) is 35.2. The van der Waals surface area contributed by atoms with Gasteiger partial charge in [-0.15, -0.1) is 24.8 Å². The number of hydrogen-bond donors (Lipinski definition) is 0. The van der Waals surface area contributed by atoms with Crippen molar-refractivity contribution in [3.63, 3.8) is 0 Å². The van der Waals surface area contributed by atoms with E-state index in [0.29, 0.717) is 13.2 Å². The fourth-order valence-electron chi connectivity index (χ4n) is 9.23. The predicted octanol–water partition coefficient (Wildman–Crippen LogP) is 13.7. The average Bonchev–Trinajstić information content (AvgIpc) is 3.56. The van der Waals surface area contributed by atoms with Gasteiger partial charge in [0.15, 0.2) is 0 Å². The van der Waals surface area contributed by atoms with Gasteiger partial charge in [-0.1, -0.05) is 0 Å². The maximum atomic E-state index is 2.78. The van der Waals surface area contributed by atoms with Gasteiger partial charge in [-0.05, 0) is 0 Å². The summed E-state index contributed by atoms with van der Waals surface area (Å²) >= 11 is -3.72. The molecule has 0 fully saturated rings. The molecule has 4 heteroatoms. The molecular weight excluding hydrogens is 743 g/mol. The summed E-state index contributed by atoms with van der Waals surface area (Å²) in [6.07, 6.45) is 5.19. The van der Waals surface area contributed by atoms with Crippen LogP contribution in [0.5, 0.6) is 0 Å². The van der Waals surface area contributed by atoms with Gasteiger partial charge in [-0.25, -0.2) is 0 Å². The van der Waals surface area contributed by atoms with E-state index in [4.69, 9.17) is 0 Å². The summed E-state index contributed by atoms with van der Waals surface area (Å²) in [6, 6.07) is 28.6. The van der Waals surface area contributed by atoms with Gasteiger partial charge in [-0.2, -0.15) is 0 Å². The molecule has 2 aliphatic carbocycles. The second-order valence-corrected chi connectivity index (χ2v) is 49.1. The summed E-state index contributed by atoms with van der Waals surface area (Å²) in [5.41, 5.74) is 20.7. The number of hydrogen-bond acceptors (Lipinski definition) is 0. The van der Waals surface area contributed by atoms with Crippen LogP contribution in [-0.4, -0.2) is 6.88 Å². The van der Waals surface area contributed by atoms with Crippen LogP contribution < -0.4 is 0 Å². The molecule has 0 saturated carbocycles. The number of allylic oxidation sites excluding steroid dienone is 2. The van der Waals surface area contributed by atoms with E-state index in [0.717, 1.165) is 0 Å². The Hall–Kier alpha value is -1.96. The molecule has 0 spiro atoms. The molecule has 6 rings (SSSR count). The van der Waals surface area contributed by atoms with E-state index >= 15 is 0 Å². The van der Waals surface area contributed by atoms with Crippen LogP contribution in [0.25, 0.3) is 34.4 Å². The molecule has 4 aromatic carbocycles. The summed E-state index contributed by atoms with van der Waals surface area (Å²) in [4.78, 5) is 0. The van der Waals surface area contributed by atoms with Crippen LogP contribution in [0.1, 0.15) is 114 Å². The Bertz CT molecular complexity index is 2060. The minimum absolute atomic E-state index is 0. The molecule has 0 heterocycles. The molecule has 0 N–H and O–H groups in total. The first-order valence-electron chi connectivity index (χ1n) is 18.1. The van der Waals surface area contributed by atoms with Gasteiger partial charge in [-0.3, -0.25) is 0 Å². The van der Waals surface area contributed by atoms with Crippen LogP contribution in [0.3, 0.4) is 0 Å². The van der Waals surface area contributed by atoms with Crippen molar-refractivity contribution in [3.05, 3.63) is 128 Å². The first-order valence-corrected chi connectivity index (χ1v) is 31.8. The number of rotatable bonds is 5. The van der Waals surface area contributed by atoms with E-state index < -0.39 is 17.4 Å². The number of fused-ring (bicyclic) bond motifs is 2. The molecule has 0 nitrogen and oxygen atoms in total. The summed E-state index contributed by atoms with van der Waals surface area (Å²) in [5, 5.41) is 0. The molecule has 0 radical (unpaired) electrons. The van der Waals surface area contributed by atoms with Crippen LogP contribution in [-0.2, 0) is 28.2 Å². The first-order chi connectivity index (χ1) is 22.2. The van der Waals surface area contributed by atoms with Crippen LogP contribution in [0.15, 0.2) is 83.9 Å². The number of halogens is 2. The second kappa shape index (κ2) is 13.8. The van der Waals surface area contributed by atoms with Gasteiger partial charge in [0.25, 0.3) is 0 Å². The van der Waals surface area contributed by atoms with Crippen molar-refractivity contribution in [3.8, 4) is 22.3 Å². The summed E-state index contributed by atoms with van der Waals surface area (Å²) < 4.78 is 6.57. The van der Waals surface area contributed by atoms with E-state index in [1.54, 1.807) is 22.3 Å². The van der Waals surface area contributed by atoms with Gasteiger partial charge < -0.3 is 0 Å². The van der Waals surface area contributed by atoms with Gasteiger partial charge in [0.1, 0.15) is 0 Å². The standard InChI is InChI=1S/2C22H25.2CH3.2ClH.H2Si.Zr/c1-14-11-18-13-15(2)16(3)21(20(18)12-14)17-7-9-19(10-8-17)22(4,5)6;1-15(2)18-13-17-7-6-8-20(21(17)14-18)16-9-11-19(12-10-16)22(3,4)5;;;;;;/h7-13H,1-6H3;6-15H,1-5H3;2*1H3;2*1H;1H2;. The zero-order valence-electron chi connectivity index (χ0n) is 32.8. The molecule has 0 bridgehead atoms. The van der Waals surface area contributed by atoms with Crippen molar-refractivity contribution in [2.75, 3.05) is 0 Å². The van der Waals surface area contributed by atoms with Crippen molar-refractivity contribution < 1.29 is 17.4 Å². The maximum Gasteiger partial charge on any atom is -0.147 e. The SMILES string of the molecule is CC1=Cc2c(cc(C)c(C)c2-c2ccc(C(C)(C)C)cc2)[CH]1[Zr]([CH3])([CH3])(=[SiH2])[CH]1C(C(C)C)=Cc2c(-c3ccc(C(C)(C)C)cc3)cccc21.Cl.Cl. The molecule has 2 aliphatic rings. The molecule has 0 saturated heterocycles. The van der Waals surface area contributed by atoms with Crippen LogP contribution in [0.4, 0.5) is 0 Å². The fraction of sp³-hybridized carbons (Fsp3) is 0.391. The fourth-order valence-corrected chi connectivity index (χ4v) is 29.8. The Labute approximate surface area is 319 Å². The van der Waals surface area contributed by atoms with E-state index in [-0.39, 0.29) is 35.6 Å². The van der Waals surface area contributed by atoms with Crippen LogP contribution in [0.2, 0.25) is 9.26 Å². The van der Waals surface area contributed by atoms with Crippen molar-refractivity contribution in [2.24, 2.45) is 5.92 Å². The van der Waals surface area contributed by atoms with Crippen molar-refractivity contribution in [1.29, 1.82) is 0 Å². The topological polar surface area (TPSA) is 0 Å². The number of benzene rings is 4. The summed E-state index contributed by atoms with van der Waals surface area (Å²) in [6.45, 7) is 28.2. The minimum Gasteiger partial charge on any atom is -0.147 e. The molecular formula is C46H60Cl2SiZr. The second-order valence-electron chi connectivity index (χ2n) is 18.6. The van der Waals surface area contributed by atoms with Crippen LogP contribution >= 0.6 is 24.8 Å². The third-order valence-electron chi connectivity index (χ3n) is 11.8. The van der Waals surface area contributed by atoms with Crippen LogP contribution in [0, 0.1) is 19.8 Å². The maximum absolute atomic E-state index is 3.72.